The molecule has 1 aliphatic rings. The average Bonchev–Trinajstić information content (AvgIpc) is 3.62. The van der Waals surface area contributed by atoms with Crippen molar-refractivity contribution in [1.29, 1.82) is 0 Å². The summed E-state index contributed by atoms with van der Waals surface area (Å²) in [7, 11) is 0. The molecule has 1 aliphatic carbocycles. The van der Waals surface area contributed by atoms with Crippen molar-refractivity contribution in [2.24, 2.45) is 0 Å². The predicted octanol–water partition coefficient (Wildman–Crippen LogP) is 4.35. The Morgan fingerprint density at radius 1 is 0.938 bits per heavy atom. The van der Waals surface area contributed by atoms with Crippen LogP contribution in [0.5, 0.6) is 5.75 Å². The average molecular weight is 433 g/mol. The maximum atomic E-state index is 13.0. The number of carbonyl (C=O) groups is 2. The van der Waals surface area contributed by atoms with Crippen molar-refractivity contribution in [2.45, 2.75) is 25.5 Å². The van der Waals surface area contributed by atoms with Gasteiger partial charge in [0.1, 0.15) is 18.2 Å². The maximum absolute atomic E-state index is 13.0. The van der Waals surface area contributed by atoms with Crippen LogP contribution in [0.15, 0.2) is 72.8 Å². The maximum Gasteiger partial charge on any atom is 0.251 e. The van der Waals surface area contributed by atoms with Gasteiger partial charge in [-0.3, -0.25) is 9.59 Å². The Bertz CT molecular complexity index is 1100. The van der Waals surface area contributed by atoms with Crippen molar-refractivity contribution < 1.29 is 18.7 Å². The Kier molecular flexibility index (Phi) is 6.65. The van der Waals surface area contributed by atoms with Gasteiger partial charge < -0.3 is 20.7 Å². The number of rotatable bonds is 9. The summed E-state index contributed by atoms with van der Waals surface area (Å²) in [5.74, 6) is -0.0119. The molecule has 0 spiro atoms. The Balaban J connectivity index is 1.27. The third-order valence-corrected chi connectivity index (χ3v) is 4.93. The lowest BCUT2D eigenvalue weighted by Crippen LogP contribution is -2.26. The van der Waals surface area contributed by atoms with Gasteiger partial charge in [-0.25, -0.2) is 4.39 Å². The van der Waals surface area contributed by atoms with Crippen LogP contribution in [-0.4, -0.2) is 24.4 Å². The van der Waals surface area contributed by atoms with Crippen LogP contribution in [-0.2, 0) is 11.4 Å². The number of hydrogen-bond acceptors (Lipinski definition) is 4. The van der Waals surface area contributed by atoms with Gasteiger partial charge in [0.05, 0.1) is 6.54 Å². The molecule has 1 saturated carbocycles. The van der Waals surface area contributed by atoms with E-state index in [0.29, 0.717) is 23.6 Å². The van der Waals surface area contributed by atoms with Crippen molar-refractivity contribution in [3.8, 4) is 5.75 Å². The van der Waals surface area contributed by atoms with Crippen LogP contribution in [0.4, 0.5) is 15.8 Å². The molecule has 7 heteroatoms. The minimum atomic E-state index is -0.286. The number of hydrogen-bond donors (Lipinski definition) is 3. The molecule has 3 aromatic carbocycles. The van der Waals surface area contributed by atoms with Crippen LogP contribution in [0.25, 0.3) is 0 Å². The third kappa shape index (κ3) is 6.31. The molecule has 0 aromatic heterocycles. The highest BCUT2D eigenvalue weighted by Crippen LogP contribution is 2.20. The van der Waals surface area contributed by atoms with Crippen molar-refractivity contribution in [1.82, 2.24) is 5.32 Å². The van der Waals surface area contributed by atoms with E-state index in [2.05, 4.69) is 16.0 Å². The highest BCUT2D eigenvalue weighted by Gasteiger charge is 2.23. The number of nitrogens with one attached hydrogen (secondary N) is 3. The Morgan fingerprint density at radius 2 is 1.69 bits per heavy atom. The zero-order valence-electron chi connectivity index (χ0n) is 17.4. The number of ether oxygens (including phenoxy) is 1. The monoisotopic (exact) mass is 433 g/mol. The Hall–Kier alpha value is -3.87. The molecule has 3 aromatic rings. The van der Waals surface area contributed by atoms with Crippen molar-refractivity contribution >= 4 is 23.2 Å². The van der Waals surface area contributed by atoms with Gasteiger partial charge in [-0.05, 0) is 60.9 Å². The zero-order chi connectivity index (χ0) is 22.3. The van der Waals surface area contributed by atoms with Gasteiger partial charge in [-0.2, -0.15) is 0 Å². The summed E-state index contributed by atoms with van der Waals surface area (Å²) >= 11 is 0. The largest absolute Gasteiger partial charge is 0.489 e. The second kappa shape index (κ2) is 9.96. The van der Waals surface area contributed by atoms with E-state index < -0.39 is 0 Å². The van der Waals surface area contributed by atoms with E-state index in [1.807, 2.05) is 18.2 Å². The van der Waals surface area contributed by atoms with E-state index in [-0.39, 0.29) is 30.2 Å². The van der Waals surface area contributed by atoms with Crippen LogP contribution < -0.4 is 20.7 Å². The second-order valence-electron chi connectivity index (χ2n) is 7.67. The number of anilines is 2. The number of benzene rings is 3. The van der Waals surface area contributed by atoms with E-state index in [9.17, 15) is 14.0 Å². The van der Waals surface area contributed by atoms with Crippen molar-refractivity contribution in [3.05, 3.63) is 89.7 Å². The minimum absolute atomic E-state index is 0.0555. The van der Waals surface area contributed by atoms with E-state index >= 15 is 0 Å². The molecule has 164 valence electrons. The Labute approximate surface area is 185 Å². The molecule has 0 heterocycles. The summed E-state index contributed by atoms with van der Waals surface area (Å²) in [4.78, 5) is 24.5. The van der Waals surface area contributed by atoms with Gasteiger partial charge in [0, 0.05) is 29.0 Å². The molecule has 0 saturated heterocycles. The number of amides is 2. The molecule has 0 aliphatic heterocycles. The van der Waals surface area contributed by atoms with Gasteiger partial charge in [-0.15, -0.1) is 0 Å². The van der Waals surface area contributed by atoms with E-state index in [0.717, 1.165) is 24.1 Å². The molecule has 6 nitrogen and oxygen atoms in total. The molecule has 1 fully saturated rings. The summed E-state index contributed by atoms with van der Waals surface area (Å²) in [5, 5.41) is 8.79. The smallest absolute Gasteiger partial charge is 0.251 e. The fourth-order valence-corrected chi connectivity index (χ4v) is 3.07. The highest BCUT2D eigenvalue weighted by molar-refractivity contribution is 5.98. The van der Waals surface area contributed by atoms with Gasteiger partial charge in [0.15, 0.2) is 0 Å². The van der Waals surface area contributed by atoms with Crippen LogP contribution in [0.2, 0.25) is 0 Å². The van der Waals surface area contributed by atoms with Crippen LogP contribution in [0, 0.1) is 5.82 Å². The molecular weight excluding hydrogens is 409 g/mol. The number of halogens is 1. The summed E-state index contributed by atoms with van der Waals surface area (Å²) in [6, 6.07) is 20.6. The van der Waals surface area contributed by atoms with Crippen molar-refractivity contribution in [3.63, 3.8) is 0 Å². The standard InChI is InChI=1S/C25H24FN3O3/c26-19-9-7-17(8-10-19)16-32-23-6-2-4-21(14-23)27-15-24(30)28-22-5-1-3-18(13-22)25(31)29-20-11-12-20/h1-10,13-14,20,27H,11-12,15-16H2,(H,28,30)(H,29,31). The minimum Gasteiger partial charge on any atom is -0.489 e. The fraction of sp³-hybridized carbons (Fsp3) is 0.200. The van der Waals surface area contributed by atoms with Crippen LogP contribution >= 0.6 is 0 Å². The SMILES string of the molecule is O=C(CNc1cccc(OCc2ccc(F)cc2)c1)Nc1cccc(C(=O)NC2CC2)c1. The number of carbonyl (C=O) groups excluding carboxylic acids is 2. The van der Waals surface area contributed by atoms with Crippen LogP contribution in [0.1, 0.15) is 28.8 Å². The lowest BCUT2D eigenvalue weighted by Gasteiger charge is -2.11. The molecule has 2 amide bonds. The van der Waals surface area contributed by atoms with Gasteiger partial charge in [-0.1, -0.05) is 24.3 Å². The topological polar surface area (TPSA) is 79.5 Å². The Morgan fingerprint density at radius 3 is 2.47 bits per heavy atom. The summed E-state index contributed by atoms with van der Waals surface area (Å²) < 4.78 is 18.7. The normalized spacial score (nSPS) is 12.7. The summed E-state index contributed by atoms with van der Waals surface area (Å²) in [5.41, 5.74) is 2.68. The lowest BCUT2D eigenvalue weighted by molar-refractivity contribution is -0.114. The molecule has 3 N–H and O–H groups in total. The molecule has 0 bridgehead atoms. The lowest BCUT2D eigenvalue weighted by atomic mass is 10.2. The fourth-order valence-electron chi connectivity index (χ4n) is 3.07. The molecule has 0 radical (unpaired) electrons. The molecule has 4 rings (SSSR count). The molecule has 0 atom stereocenters. The van der Waals surface area contributed by atoms with Gasteiger partial charge in [0.25, 0.3) is 5.91 Å². The second-order valence-corrected chi connectivity index (χ2v) is 7.67. The van der Waals surface area contributed by atoms with E-state index in [1.54, 1.807) is 42.5 Å². The van der Waals surface area contributed by atoms with Crippen LogP contribution in [0.3, 0.4) is 0 Å². The van der Waals surface area contributed by atoms with E-state index in [1.165, 1.54) is 12.1 Å². The summed E-state index contributed by atoms with van der Waals surface area (Å²) in [6.07, 6.45) is 2.04. The quantitative estimate of drug-likeness (QED) is 0.469. The highest BCUT2D eigenvalue weighted by atomic mass is 19.1. The van der Waals surface area contributed by atoms with Gasteiger partial charge >= 0.3 is 0 Å². The van der Waals surface area contributed by atoms with Gasteiger partial charge in [0.2, 0.25) is 5.91 Å². The van der Waals surface area contributed by atoms with E-state index in [4.69, 9.17) is 4.74 Å². The van der Waals surface area contributed by atoms with Crippen molar-refractivity contribution in [2.75, 3.05) is 17.2 Å². The molecule has 32 heavy (non-hydrogen) atoms. The first-order chi connectivity index (χ1) is 15.5. The zero-order valence-corrected chi connectivity index (χ0v) is 17.4. The first kappa shape index (κ1) is 21.4. The third-order valence-electron chi connectivity index (χ3n) is 4.93. The first-order valence-corrected chi connectivity index (χ1v) is 10.5. The molecular formula is C25H24FN3O3. The summed E-state index contributed by atoms with van der Waals surface area (Å²) in [6.45, 7) is 0.370. The first-order valence-electron chi connectivity index (χ1n) is 10.5. The predicted molar refractivity (Wildman–Crippen MR) is 121 cm³/mol. The molecule has 0 unspecified atom stereocenters.